The molecule has 94 valence electrons. The zero-order valence-electron chi connectivity index (χ0n) is 10.9. The van der Waals surface area contributed by atoms with Crippen LogP contribution < -0.4 is 5.73 Å². The molecule has 1 aromatic rings. The average molecular weight is 233 g/mol. The summed E-state index contributed by atoms with van der Waals surface area (Å²) in [5.74, 6) is 0.745. The molecule has 0 unspecified atom stereocenters. The van der Waals surface area contributed by atoms with E-state index in [-0.39, 0.29) is 11.5 Å². The van der Waals surface area contributed by atoms with Gasteiger partial charge < -0.3 is 5.73 Å². The third-order valence-corrected chi connectivity index (χ3v) is 4.70. The van der Waals surface area contributed by atoms with Crippen LogP contribution in [0.15, 0.2) is 6.20 Å². The van der Waals surface area contributed by atoms with Gasteiger partial charge in [-0.25, -0.2) is 0 Å². The second-order valence-corrected chi connectivity index (χ2v) is 6.26. The molecule has 0 bridgehead atoms. The Labute approximate surface area is 103 Å². The van der Waals surface area contributed by atoms with Gasteiger partial charge in [0.1, 0.15) is 0 Å². The number of aryl methyl sites for hydroxylation is 1. The molecule has 1 atom stereocenters. The van der Waals surface area contributed by atoms with Gasteiger partial charge in [-0.3, -0.25) is 4.68 Å². The summed E-state index contributed by atoms with van der Waals surface area (Å²) in [7, 11) is 2.01. The van der Waals surface area contributed by atoms with E-state index in [2.05, 4.69) is 18.2 Å². The first-order valence-electron chi connectivity index (χ1n) is 6.89. The molecule has 3 nitrogen and oxygen atoms in total. The number of hydrogen-bond donors (Lipinski definition) is 1. The number of rotatable bonds is 3. The lowest BCUT2D eigenvalue weighted by Crippen LogP contribution is -2.30. The Bertz CT molecular complexity index is 411. The molecule has 2 N–H and O–H groups in total. The summed E-state index contributed by atoms with van der Waals surface area (Å²) in [5, 5.41) is 4.65. The second kappa shape index (κ2) is 3.84. The van der Waals surface area contributed by atoms with Gasteiger partial charge in [0, 0.05) is 13.2 Å². The Morgan fingerprint density at radius 1 is 1.41 bits per heavy atom. The van der Waals surface area contributed by atoms with E-state index in [0.29, 0.717) is 0 Å². The summed E-state index contributed by atoms with van der Waals surface area (Å²) >= 11 is 0. The van der Waals surface area contributed by atoms with Gasteiger partial charge >= 0.3 is 0 Å². The summed E-state index contributed by atoms with van der Waals surface area (Å²) in [6, 6.07) is 0.127. The van der Waals surface area contributed by atoms with Crippen LogP contribution >= 0.6 is 0 Å². The van der Waals surface area contributed by atoms with E-state index in [4.69, 9.17) is 5.73 Å². The van der Waals surface area contributed by atoms with E-state index >= 15 is 0 Å². The molecule has 1 heterocycles. The van der Waals surface area contributed by atoms with Crippen molar-refractivity contribution in [1.82, 2.24) is 9.78 Å². The maximum absolute atomic E-state index is 6.54. The summed E-state index contributed by atoms with van der Waals surface area (Å²) in [5.41, 5.74) is 9.42. The molecule has 0 radical (unpaired) electrons. The smallest absolute Gasteiger partial charge is 0.0831 e. The molecule has 0 aromatic carbocycles. The Morgan fingerprint density at radius 3 is 2.65 bits per heavy atom. The largest absolute Gasteiger partial charge is 0.322 e. The van der Waals surface area contributed by atoms with Gasteiger partial charge in [-0.1, -0.05) is 19.8 Å². The monoisotopic (exact) mass is 233 g/mol. The number of aromatic nitrogens is 2. The Hall–Kier alpha value is -0.830. The van der Waals surface area contributed by atoms with Gasteiger partial charge in [0.25, 0.3) is 0 Å². The fourth-order valence-electron chi connectivity index (χ4n) is 3.30. The Balaban J connectivity index is 1.92. The Kier molecular flexibility index (Phi) is 2.54. The predicted octanol–water partition coefficient (Wildman–Crippen LogP) is 2.88. The van der Waals surface area contributed by atoms with Crippen LogP contribution in [0, 0.1) is 5.41 Å². The second-order valence-electron chi connectivity index (χ2n) is 6.26. The number of nitrogens with two attached hydrogens (primary N) is 1. The van der Waals surface area contributed by atoms with Crippen LogP contribution in [-0.2, 0) is 7.05 Å². The Morgan fingerprint density at radius 2 is 2.06 bits per heavy atom. The van der Waals surface area contributed by atoms with Crippen molar-refractivity contribution in [2.24, 2.45) is 18.2 Å². The van der Waals surface area contributed by atoms with E-state index in [1.165, 1.54) is 49.8 Å². The molecule has 2 aliphatic carbocycles. The molecule has 3 heteroatoms. The zero-order chi connectivity index (χ0) is 12.0. The van der Waals surface area contributed by atoms with E-state index < -0.39 is 0 Å². The molecule has 17 heavy (non-hydrogen) atoms. The van der Waals surface area contributed by atoms with Crippen LogP contribution in [0.1, 0.15) is 68.7 Å². The molecule has 2 fully saturated rings. The van der Waals surface area contributed by atoms with Crippen molar-refractivity contribution in [3.8, 4) is 0 Å². The maximum atomic E-state index is 6.54. The molecule has 0 amide bonds. The highest BCUT2D eigenvalue weighted by Gasteiger charge is 2.40. The standard InChI is InChI=1S/C14H23N3/c1-14(7-3-4-8-14)13(15)12-11(10-5-6-10)9-17(2)16-12/h9-10,13H,3-8,15H2,1-2H3/t13-/m0/s1. The van der Waals surface area contributed by atoms with E-state index in [0.717, 1.165) is 5.92 Å². The molecular formula is C14H23N3. The van der Waals surface area contributed by atoms with Crippen molar-refractivity contribution in [1.29, 1.82) is 0 Å². The van der Waals surface area contributed by atoms with Crippen molar-refractivity contribution in [2.75, 3.05) is 0 Å². The highest BCUT2D eigenvalue weighted by molar-refractivity contribution is 5.29. The van der Waals surface area contributed by atoms with Gasteiger partial charge in [-0.15, -0.1) is 0 Å². The molecule has 0 saturated heterocycles. The summed E-state index contributed by atoms with van der Waals surface area (Å²) in [6.45, 7) is 2.34. The fraction of sp³-hybridized carbons (Fsp3) is 0.786. The molecule has 2 saturated carbocycles. The molecular weight excluding hydrogens is 210 g/mol. The van der Waals surface area contributed by atoms with Crippen molar-refractivity contribution in [2.45, 2.75) is 57.4 Å². The maximum Gasteiger partial charge on any atom is 0.0831 e. The fourth-order valence-corrected chi connectivity index (χ4v) is 3.30. The number of nitrogens with zero attached hydrogens (tertiary/aromatic N) is 2. The quantitative estimate of drug-likeness (QED) is 0.872. The van der Waals surface area contributed by atoms with Crippen LogP contribution in [0.4, 0.5) is 0 Å². The third-order valence-electron chi connectivity index (χ3n) is 4.70. The zero-order valence-corrected chi connectivity index (χ0v) is 10.9. The van der Waals surface area contributed by atoms with Crippen molar-refractivity contribution in [3.63, 3.8) is 0 Å². The van der Waals surface area contributed by atoms with Crippen LogP contribution in [-0.4, -0.2) is 9.78 Å². The number of hydrogen-bond acceptors (Lipinski definition) is 2. The minimum Gasteiger partial charge on any atom is -0.322 e. The normalized spacial score (nSPS) is 25.1. The van der Waals surface area contributed by atoms with Gasteiger partial charge in [0.15, 0.2) is 0 Å². The summed E-state index contributed by atoms with van der Waals surface area (Å²) in [4.78, 5) is 0. The lowest BCUT2D eigenvalue weighted by molar-refractivity contribution is 0.259. The van der Waals surface area contributed by atoms with E-state index in [1.54, 1.807) is 0 Å². The minimum absolute atomic E-state index is 0.127. The first-order valence-corrected chi connectivity index (χ1v) is 6.89. The molecule has 0 aliphatic heterocycles. The summed E-state index contributed by atoms with van der Waals surface area (Å²) in [6.07, 6.45) is 10.0. The lowest BCUT2D eigenvalue weighted by atomic mass is 9.78. The third kappa shape index (κ3) is 1.90. The van der Waals surface area contributed by atoms with Crippen molar-refractivity contribution < 1.29 is 0 Å². The van der Waals surface area contributed by atoms with Crippen LogP contribution in [0.3, 0.4) is 0 Å². The highest BCUT2D eigenvalue weighted by atomic mass is 15.3. The minimum atomic E-state index is 0.127. The van der Waals surface area contributed by atoms with Gasteiger partial charge in [0.2, 0.25) is 0 Å². The van der Waals surface area contributed by atoms with Gasteiger partial charge in [-0.2, -0.15) is 5.10 Å². The predicted molar refractivity (Wildman–Crippen MR) is 68.7 cm³/mol. The summed E-state index contributed by atoms with van der Waals surface area (Å²) < 4.78 is 1.95. The lowest BCUT2D eigenvalue weighted by Gasteiger charge is -2.30. The SMILES string of the molecule is Cn1cc(C2CC2)c([C@H](N)C2(C)CCCC2)n1. The first kappa shape index (κ1) is 11.3. The van der Waals surface area contributed by atoms with Crippen molar-refractivity contribution in [3.05, 3.63) is 17.5 Å². The molecule has 0 spiro atoms. The molecule has 3 rings (SSSR count). The highest BCUT2D eigenvalue weighted by Crippen LogP contribution is 2.49. The van der Waals surface area contributed by atoms with Crippen LogP contribution in [0.2, 0.25) is 0 Å². The van der Waals surface area contributed by atoms with Crippen molar-refractivity contribution >= 4 is 0 Å². The van der Waals surface area contributed by atoms with E-state index in [1.807, 2.05) is 11.7 Å². The van der Waals surface area contributed by atoms with Crippen LogP contribution in [0.5, 0.6) is 0 Å². The van der Waals surface area contributed by atoms with E-state index in [9.17, 15) is 0 Å². The first-order chi connectivity index (χ1) is 8.10. The topological polar surface area (TPSA) is 43.8 Å². The van der Waals surface area contributed by atoms with Gasteiger partial charge in [0.05, 0.1) is 11.7 Å². The molecule has 1 aromatic heterocycles. The van der Waals surface area contributed by atoms with Crippen LogP contribution in [0.25, 0.3) is 0 Å². The average Bonchev–Trinajstić information content (AvgIpc) is 2.94. The van der Waals surface area contributed by atoms with Gasteiger partial charge in [-0.05, 0) is 42.6 Å². The molecule has 2 aliphatic rings.